The van der Waals surface area contributed by atoms with E-state index in [2.05, 4.69) is 0 Å². The summed E-state index contributed by atoms with van der Waals surface area (Å²) >= 11 is 0. The molecule has 0 fully saturated rings. The minimum absolute atomic E-state index is 0.148. The predicted octanol–water partition coefficient (Wildman–Crippen LogP) is 2.84. The van der Waals surface area contributed by atoms with Crippen molar-refractivity contribution in [1.29, 1.82) is 0 Å². The Hall–Kier alpha value is -1.30. The molecular formula is C10H8. The van der Waals surface area contributed by atoms with Crippen molar-refractivity contribution in [3.05, 3.63) is 48.4 Å². The first-order chi connectivity index (χ1) is 6.58. The van der Waals surface area contributed by atoms with Crippen LogP contribution in [-0.2, 0) is 0 Å². The van der Waals surface area contributed by atoms with Gasteiger partial charge in [-0.3, -0.25) is 0 Å². The highest BCUT2D eigenvalue weighted by Gasteiger charge is 1.85. The first-order valence-electron chi connectivity index (χ1n) is 5.06. The summed E-state index contributed by atoms with van der Waals surface area (Å²) in [6, 6.07) is 6.79. The number of rotatable bonds is 0. The van der Waals surface area contributed by atoms with E-state index in [1.165, 1.54) is 0 Å². The lowest BCUT2D eigenvalue weighted by atomic mass is 10.1. The third-order valence-corrected chi connectivity index (χ3v) is 1.41. The van der Waals surface area contributed by atoms with E-state index in [0.717, 1.165) is 10.8 Å². The summed E-state index contributed by atoms with van der Waals surface area (Å²) in [7, 11) is 0. The van der Waals surface area contributed by atoms with Gasteiger partial charge in [0.05, 0.1) is 5.48 Å². The molecule has 0 spiro atoms. The molecule has 0 radical (unpaired) electrons. The van der Waals surface area contributed by atoms with Gasteiger partial charge in [0, 0.05) is 0 Å². The van der Waals surface area contributed by atoms with Crippen LogP contribution in [0.25, 0.3) is 10.8 Å². The van der Waals surface area contributed by atoms with Gasteiger partial charge in [-0.15, -0.1) is 0 Å². The fourth-order valence-electron chi connectivity index (χ4n) is 0.894. The van der Waals surface area contributed by atoms with Crippen molar-refractivity contribution in [1.82, 2.24) is 0 Å². The summed E-state index contributed by atoms with van der Waals surface area (Å²) < 4.78 is 29.7. The highest BCUT2D eigenvalue weighted by atomic mass is 13.9. The highest BCUT2D eigenvalue weighted by molar-refractivity contribution is 5.81. The lowest BCUT2D eigenvalue weighted by molar-refractivity contribution is 1.75. The van der Waals surface area contributed by atoms with Crippen LogP contribution in [0.1, 0.15) is 5.48 Å². The third-order valence-electron chi connectivity index (χ3n) is 1.41. The van der Waals surface area contributed by atoms with Gasteiger partial charge in [0.1, 0.15) is 0 Å². The molecule has 0 heteroatoms. The molecule has 0 unspecified atom stereocenters. The minimum atomic E-state index is 0.148. The van der Waals surface area contributed by atoms with Crippen molar-refractivity contribution < 1.29 is 5.48 Å². The zero-order chi connectivity index (χ0) is 10.3. The first-order valence-corrected chi connectivity index (χ1v) is 3.06. The summed E-state index contributed by atoms with van der Waals surface area (Å²) in [5.74, 6) is 0. The molecule has 0 aromatic heterocycles. The largest absolute Gasteiger partial charge is 0.0623 e. The van der Waals surface area contributed by atoms with Crippen LogP contribution in [0, 0.1) is 0 Å². The molecule has 0 nitrogen and oxygen atoms in total. The lowest BCUT2D eigenvalue weighted by Gasteiger charge is -1.92. The third kappa shape index (κ3) is 0.781. The quantitative estimate of drug-likeness (QED) is 0.517. The van der Waals surface area contributed by atoms with Crippen LogP contribution in [-0.4, -0.2) is 0 Å². The van der Waals surface area contributed by atoms with Gasteiger partial charge in [-0.2, -0.15) is 0 Å². The van der Waals surface area contributed by atoms with Crippen LogP contribution in [0.2, 0.25) is 0 Å². The molecule has 2 rings (SSSR count). The summed E-state index contributed by atoms with van der Waals surface area (Å²) in [4.78, 5) is 0. The van der Waals surface area contributed by atoms with E-state index >= 15 is 0 Å². The van der Waals surface area contributed by atoms with Gasteiger partial charge in [-0.25, -0.2) is 0 Å². The van der Waals surface area contributed by atoms with Gasteiger partial charge >= 0.3 is 0 Å². The maximum Gasteiger partial charge on any atom is 0.0623 e. The van der Waals surface area contributed by atoms with Crippen molar-refractivity contribution in [3.8, 4) is 0 Å². The van der Waals surface area contributed by atoms with E-state index < -0.39 is 0 Å². The summed E-state index contributed by atoms with van der Waals surface area (Å²) in [6.07, 6.45) is 0. The summed E-state index contributed by atoms with van der Waals surface area (Å²) in [6.45, 7) is 0. The van der Waals surface area contributed by atoms with E-state index in [1.54, 1.807) is 24.3 Å². The Labute approximate surface area is 65.7 Å². The van der Waals surface area contributed by atoms with Crippen molar-refractivity contribution in [3.63, 3.8) is 0 Å². The molecule has 0 aliphatic carbocycles. The lowest BCUT2D eigenvalue weighted by Crippen LogP contribution is -1.67. The van der Waals surface area contributed by atoms with E-state index in [-0.39, 0.29) is 24.2 Å². The molecule has 0 bridgehead atoms. The Morgan fingerprint density at radius 3 is 1.30 bits per heavy atom. The number of benzene rings is 2. The number of fused-ring (bicyclic) bond motifs is 1. The molecule has 0 heterocycles. The average molecular weight is 132 g/mol. The Bertz CT molecular complexity index is 416. The van der Waals surface area contributed by atoms with Crippen LogP contribution in [0.5, 0.6) is 0 Å². The highest BCUT2D eigenvalue weighted by Crippen LogP contribution is 2.11. The second-order valence-corrected chi connectivity index (χ2v) is 2.07. The fourth-order valence-corrected chi connectivity index (χ4v) is 0.894. The zero-order valence-corrected chi connectivity index (χ0v) is 5.31. The van der Waals surface area contributed by atoms with Gasteiger partial charge in [0.25, 0.3) is 0 Å². The van der Waals surface area contributed by atoms with Crippen LogP contribution in [0.15, 0.2) is 48.4 Å². The topological polar surface area (TPSA) is 0 Å². The minimum Gasteiger partial charge on any atom is -0.0616 e. The SMILES string of the molecule is [2H]c1cc2cc([2H])c([2H])cc2cc1[2H]. The molecule has 2 aromatic rings. The fraction of sp³-hybridized carbons (Fsp3) is 0. The molecule has 0 aliphatic rings. The Balaban J connectivity index is 2.83. The van der Waals surface area contributed by atoms with Gasteiger partial charge in [0.2, 0.25) is 0 Å². The molecule has 0 saturated carbocycles. The molecule has 0 aliphatic heterocycles. The predicted molar refractivity (Wildman–Crippen MR) is 43.9 cm³/mol. The second kappa shape index (κ2) is 2.14. The molecule has 2 aromatic carbocycles. The van der Waals surface area contributed by atoms with Crippen LogP contribution in [0.4, 0.5) is 0 Å². The molecule has 0 amide bonds. The van der Waals surface area contributed by atoms with E-state index in [1.807, 2.05) is 0 Å². The summed E-state index contributed by atoms with van der Waals surface area (Å²) in [5, 5.41) is 1.49. The van der Waals surface area contributed by atoms with Crippen LogP contribution >= 0.6 is 0 Å². The molecule has 0 atom stereocenters. The van der Waals surface area contributed by atoms with Crippen molar-refractivity contribution in [2.75, 3.05) is 0 Å². The maximum absolute atomic E-state index is 7.43. The maximum atomic E-state index is 7.43. The monoisotopic (exact) mass is 132 g/mol. The Kier molecular flexibility index (Phi) is 0.589. The molecule has 10 heavy (non-hydrogen) atoms. The van der Waals surface area contributed by atoms with Gasteiger partial charge in [0.15, 0.2) is 0 Å². The van der Waals surface area contributed by atoms with Gasteiger partial charge in [-0.1, -0.05) is 48.4 Å². The van der Waals surface area contributed by atoms with Gasteiger partial charge < -0.3 is 0 Å². The van der Waals surface area contributed by atoms with Gasteiger partial charge in [-0.05, 0) is 10.8 Å². The smallest absolute Gasteiger partial charge is 0.0616 e. The molecular weight excluding hydrogens is 120 g/mol. The van der Waals surface area contributed by atoms with Crippen LogP contribution < -0.4 is 0 Å². The molecule has 48 valence electrons. The first kappa shape index (κ1) is 2.75. The van der Waals surface area contributed by atoms with E-state index in [9.17, 15) is 0 Å². The average Bonchev–Trinajstić information content (AvgIpc) is 2.11. The van der Waals surface area contributed by atoms with Crippen molar-refractivity contribution in [2.45, 2.75) is 0 Å². The van der Waals surface area contributed by atoms with Crippen molar-refractivity contribution >= 4 is 10.8 Å². The number of hydrogen-bond acceptors (Lipinski definition) is 0. The number of hydrogen-bond donors (Lipinski definition) is 0. The molecule has 0 N–H and O–H groups in total. The van der Waals surface area contributed by atoms with Crippen LogP contribution in [0.3, 0.4) is 0 Å². The molecule has 0 saturated heterocycles. The second-order valence-electron chi connectivity index (χ2n) is 2.07. The summed E-state index contributed by atoms with van der Waals surface area (Å²) in [5.41, 5.74) is 0. The normalized spacial score (nSPS) is 15.6. The Morgan fingerprint density at radius 1 is 0.700 bits per heavy atom. The Morgan fingerprint density at radius 2 is 1.00 bits per heavy atom. The zero-order valence-electron chi connectivity index (χ0n) is 9.31. The van der Waals surface area contributed by atoms with E-state index in [0.29, 0.717) is 0 Å². The van der Waals surface area contributed by atoms with Crippen molar-refractivity contribution in [2.24, 2.45) is 0 Å². The van der Waals surface area contributed by atoms with E-state index in [4.69, 9.17) is 5.48 Å². The standard InChI is InChI=1S/C10H8/c1-2-6-10-8-4-3-7-9(10)5-1/h1-8H/i1D,2D,3D,4D.